The summed E-state index contributed by atoms with van der Waals surface area (Å²) in [6.07, 6.45) is 3.02. The summed E-state index contributed by atoms with van der Waals surface area (Å²) in [4.78, 5) is 54.1. The summed E-state index contributed by atoms with van der Waals surface area (Å²) >= 11 is 0. The number of aromatic amines is 1. The van der Waals surface area contributed by atoms with Crippen molar-refractivity contribution in [3.8, 4) is 22.9 Å². The van der Waals surface area contributed by atoms with Gasteiger partial charge >= 0.3 is 0 Å². The molecule has 284 valence electrons. The average molecular weight is 738 g/mol. The Bertz CT molecular complexity index is 2120. The Morgan fingerprint density at radius 3 is 2.26 bits per heavy atom. The molecule has 3 aromatic carbocycles. The standard InChI is InChI=1S/C41H48FN7O5/c1-24-19-46(20-25(2)49(24)35-16-29-23-48(22-28(29)15-32(35)42)34-9-10-37(50)44-40(34)51)21-26-11-13-47(14-12-26)30-7-5-27(6-8-30)39-43-33-17-31(53-3)18-36(54-4)38(33)41(52)45-39/h5-8,15-18,24-26,34H,9-14,19-23H2,1-4H3,(H,43,45,52)(H,44,50,51). The van der Waals surface area contributed by atoms with Gasteiger partial charge in [0.05, 0.1) is 31.5 Å². The highest BCUT2D eigenvalue weighted by Crippen LogP contribution is 2.36. The number of piperazine rings is 1. The maximum atomic E-state index is 15.7. The molecule has 13 heteroatoms. The fraction of sp³-hybridized carbons (Fsp3) is 0.463. The number of methoxy groups -OCH3 is 2. The number of nitrogens with zero attached hydrogens (tertiary/aromatic N) is 5. The van der Waals surface area contributed by atoms with Gasteiger partial charge in [-0.25, -0.2) is 9.37 Å². The Hall–Kier alpha value is -5.01. The molecule has 2 N–H and O–H groups in total. The minimum Gasteiger partial charge on any atom is -0.497 e. The Balaban J connectivity index is 0.863. The lowest BCUT2D eigenvalue weighted by atomic mass is 9.94. The predicted octanol–water partition coefficient (Wildman–Crippen LogP) is 4.68. The number of rotatable bonds is 8. The van der Waals surface area contributed by atoms with Crippen molar-refractivity contribution in [2.24, 2.45) is 5.92 Å². The molecule has 0 aliphatic carbocycles. The fourth-order valence-corrected chi connectivity index (χ4v) is 9.13. The van der Waals surface area contributed by atoms with E-state index in [2.05, 4.69) is 55.9 Å². The Kier molecular flexibility index (Phi) is 9.78. The topological polar surface area (TPSA) is 123 Å². The van der Waals surface area contributed by atoms with E-state index in [1.165, 1.54) is 7.11 Å². The highest BCUT2D eigenvalue weighted by Gasteiger charge is 2.37. The van der Waals surface area contributed by atoms with Gasteiger partial charge in [-0.1, -0.05) is 0 Å². The highest BCUT2D eigenvalue weighted by atomic mass is 19.1. The van der Waals surface area contributed by atoms with Crippen LogP contribution in [0.4, 0.5) is 15.8 Å². The first kappa shape index (κ1) is 36.0. The van der Waals surface area contributed by atoms with Gasteiger partial charge in [-0.2, -0.15) is 0 Å². The first-order valence-electron chi connectivity index (χ1n) is 19.0. The lowest BCUT2D eigenvalue weighted by Crippen LogP contribution is -2.58. The van der Waals surface area contributed by atoms with E-state index >= 15 is 4.39 Å². The summed E-state index contributed by atoms with van der Waals surface area (Å²) in [5.41, 5.74) is 4.84. The number of carbonyl (C=O) groups is 2. The van der Waals surface area contributed by atoms with Gasteiger partial charge < -0.3 is 24.3 Å². The summed E-state index contributed by atoms with van der Waals surface area (Å²) in [7, 11) is 3.09. The third-order valence-electron chi connectivity index (χ3n) is 11.8. The fourth-order valence-electron chi connectivity index (χ4n) is 9.13. The first-order chi connectivity index (χ1) is 26.1. The highest BCUT2D eigenvalue weighted by molar-refractivity contribution is 6.00. The Morgan fingerprint density at radius 2 is 1.59 bits per heavy atom. The van der Waals surface area contributed by atoms with E-state index < -0.39 is 0 Å². The SMILES string of the molecule is COc1cc(OC)c2c(=O)[nH]c(-c3ccc(N4CCC(CN5CC(C)N(c6cc7c(cc6F)CN(C6CCC(=O)NC6=O)C7)C(C)C5)CC4)cc3)nc2c1. The van der Waals surface area contributed by atoms with E-state index in [1.54, 1.807) is 25.3 Å². The van der Waals surface area contributed by atoms with Crippen molar-refractivity contribution in [3.63, 3.8) is 0 Å². The molecule has 5 heterocycles. The quantitative estimate of drug-likeness (QED) is 0.247. The van der Waals surface area contributed by atoms with Crippen LogP contribution in [0.1, 0.15) is 50.7 Å². The first-order valence-corrected chi connectivity index (χ1v) is 19.0. The second-order valence-corrected chi connectivity index (χ2v) is 15.4. The van der Waals surface area contributed by atoms with Crippen LogP contribution in [0, 0.1) is 11.7 Å². The number of H-pyrrole nitrogens is 1. The van der Waals surface area contributed by atoms with Crippen molar-refractivity contribution in [3.05, 3.63) is 75.8 Å². The summed E-state index contributed by atoms with van der Waals surface area (Å²) in [6.45, 7) is 10.2. The van der Waals surface area contributed by atoms with Crippen LogP contribution in [0.2, 0.25) is 0 Å². The summed E-state index contributed by atoms with van der Waals surface area (Å²) < 4.78 is 26.5. The maximum absolute atomic E-state index is 15.7. The van der Waals surface area contributed by atoms with Crippen LogP contribution in [-0.2, 0) is 22.7 Å². The third-order valence-corrected chi connectivity index (χ3v) is 11.8. The number of aromatic nitrogens is 2. The zero-order valence-electron chi connectivity index (χ0n) is 31.4. The number of piperidine rings is 2. The van der Waals surface area contributed by atoms with E-state index in [0.29, 0.717) is 65.8 Å². The number of benzene rings is 3. The van der Waals surface area contributed by atoms with Crippen LogP contribution < -0.4 is 30.1 Å². The van der Waals surface area contributed by atoms with Crippen LogP contribution in [0.15, 0.2) is 53.3 Å². The molecule has 0 saturated carbocycles. The van der Waals surface area contributed by atoms with Crippen LogP contribution in [0.5, 0.6) is 11.5 Å². The van der Waals surface area contributed by atoms with Crippen molar-refractivity contribution >= 4 is 34.1 Å². The summed E-state index contributed by atoms with van der Waals surface area (Å²) in [5.74, 6) is 1.38. The molecule has 0 spiro atoms. The van der Waals surface area contributed by atoms with Crippen molar-refractivity contribution in [1.29, 1.82) is 0 Å². The molecule has 3 unspecified atom stereocenters. The van der Waals surface area contributed by atoms with E-state index in [9.17, 15) is 14.4 Å². The smallest absolute Gasteiger partial charge is 0.262 e. The minimum atomic E-state index is -0.362. The molecular weight excluding hydrogens is 689 g/mol. The predicted molar refractivity (Wildman–Crippen MR) is 206 cm³/mol. The van der Waals surface area contributed by atoms with E-state index in [4.69, 9.17) is 14.5 Å². The number of ether oxygens (including phenoxy) is 2. The van der Waals surface area contributed by atoms with Crippen molar-refractivity contribution < 1.29 is 23.5 Å². The molecule has 8 rings (SSSR count). The monoisotopic (exact) mass is 737 g/mol. The number of amides is 2. The zero-order valence-corrected chi connectivity index (χ0v) is 31.4. The number of carbonyl (C=O) groups excluding carboxylic acids is 2. The van der Waals surface area contributed by atoms with Gasteiger partial charge in [-0.05, 0) is 86.6 Å². The zero-order chi connectivity index (χ0) is 37.7. The Labute approximate surface area is 314 Å². The number of hydrogen-bond donors (Lipinski definition) is 2. The largest absolute Gasteiger partial charge is 0.497 e. The number of halogens is 1. The van der Waals surface area contributed by atoms with Crippen molar-refractivity contribution in [1.82, 2.24) is 25.1 Å². The van der Waals surface area contributed by atoms with Gasteiger partial charge in [0.25, 0.3) is 5.56 Å². The second kappa shape index (κ2) is 14.7. The molecule has 4 aliphatic heterocycles. The molecule has 3 fully saturated rings. The molecule has 3 atom stereocenters. The average Bonchev–Trinajstić information content (AvgIpc) is 3.56. The van der Waals surface area contributed by atoms with Gasteiger partial charge in [-0.15, -0.1) is 0 Å². The number of hydrogen-bond acceptors (Lipinski definition) is 10. The lowest BCUT2D eigenvalue weighted by Gasteiger charge is -2.47. The third kappa shape index (κ3) is 6.90. The normalized spacial score (nSPS) is 22.8. The molecule has 4 aromatic rings. The molecule has 2 amide bonds. The van der Waals surface area contributed by atoms with Crippen LogP contribution >= 0.6 is 0 Å². The van der Waals surface area contributed by atoms with Crippen LogP contribution in [0.25, 0.3) is 22.3 Å². The van der Waals surface area contributed by atoms with Gasteiger partial charge in [0, 0.05) is 87.7 Å². The van der Waals surface area contributed by atoms with Gasteiger partial charge in [0.1, 0.15) is 28.5 Å². The van der Waals surface area contributed by atoms with Gasteiger partial charge in [-0.3, -0.25) is 29.5 Å². The number of anilines is 2. The number of nitrogens with one attached hydrogen (secondary N) is 2. The summed E-state index contributed by atoms with van der Waals surface area (Å²) in [6, 6.07) is 15.2. The van der Waals surface area contributed by atoms with Crippen LogP contribution in [-0.4, -0.2) is 96.7 Å². The molecule has 12 nitrogen and oxygen atoms in total. The van der Waals surface area contributed by atoms with Crippen molar-refractivity contribution in [2.75, 3.05) is 56.7 Å². The molecule has 0 bridgehead atoms. The number of fused-ring (bicyclic) bond motifs is 2. The second-order valence-electron chi connectivity index (χ2n) is 15.4. The molecule has 54 heavy (non-hydrogen) atoms. The molecule has 1 aromatic heterocycles. The molecule has 4 aliphatic rings. The maximum Gasteiger partial charge on any atom is 0.262 e. The minimum absolute atomic E-state index is 0.142. The van der Waals surface area contributed by atoms with Gasteiger partial charge in [0.2, 0.25) is 11.8 Å². The molecule has 3 saturated heterocycles. The Morgan fingerprint density at radius 1 is 0.889 bits per heavy atom. The van der Waals surface area contributed by atoms with Crippen molar-refractivity contribution in [2.45, 2.75) is 70.7 Å². The van der Waals surface area contributed by atoms with E-state index in [0.717, 1.165) is 67.9 Å². The summed E-state index contributed by atoms with van der Waals surface area (Å²) in [5, 5.41) is 2.84. The van der Waals surface area contributed by atoms with E-state index in [1.807, 2.05) is 18.2 Å². The number of imide groups is 1. The molecular formula is C41H48FN7O5. The van der Waals surface area contributed by atoms with Gasteiger partial charge in [0.15, 0.2) is 0 Å². The van der Waals surface area contributed by atoms with E-state index in [-0.39, 0.29) is 41.3 Å². The lowest BCUT2D eigenvalue weighted by molar-refractivity contribution is -0.137. The van der Waals surface area contributed by atoms with Crippen LogP contribution in [0.3, 0.4) is 0 Å². The molecule has 0 radical (unpaired) electrons.